The number of aliphatic hydroxyl groups is 1. The van der Waals surface area contributed by atoms with Gasteiger partial charge in [-0.2, -0.15) is 0 Å². The molecular weight excluding hydrogens is 352 g/mol. The van der Waals surface area contributed by atoms with Gasteiger partial charge in [-0.1, -0.05) is 24.3 Å². The molecule has 2 N–H and O–H groups in total. The molecule has 148 valence electrons. The molecule has 5 nitrogen and oxygen atoms in total. The molecule has 2 aromatic carbocycles. The number of fused-ring (bicyclic) bond motifs is 1. The number of ether oxygens (including phenoxy) is 1. The van der Waals surface area contributed by atoms with Gasteiger partial charge in [0.1, 0.15) is 18.5 Å². The van der Waals surface area contributed by atoms with Gasteiger partial charge >= 0.3 is 0 Å². The van der Waals surface area contributed by atoms with E-state index < -0.39 is 6.10 Å². The Morgan fingerprint density at radius 1 is 1.18 bits per heavy atom. The van der Waals surface area contributed by atoms with E-state index in [1.165, 1.54) is 30.9 Å². The Morgan fingerprint density at radius 3 is 2.64 bits per heavy atom. The zero-order valence-electron chi connectivity index (χ0n) is 16.3. The first-order valence-electron chi connectivity index (χ1n) is 10.1. The standard InChI is InChI=1S/C23H28N2O3/c1-16(26)24-18-7-11-21(12-8-18)28-15-20(27)14-25(19-9-10-19)23-13-6-17-4-2-3-5-22(17)23/h2-5,7-8,11-12,19-20,23,27H,6,9-10,13-15H2,1H3,(H,24,26). The molecule has 0 aliphatic heterocycles. The van der Waals surface area contributed by atoms with Gasteiger partial charge in [0.2, 0.25) is 5.91 Å². The van der Waals surface area contributed by atoms with Gasteiger partial charge in [-0.25, -0.2) is 0 Å². The third-order valence-corrected chi connectivity index (χ3v) is 5.56. The fraction of sp³-hybridized carbons (Fsp3) is 0.435. The van der Waals surface area contributed by atoms with Gasteiger partial charge in [-0.15, -0.1) is 0 Å². The van der Waals surface area contributed by atoms with E-state index in [2.05, 4.69) is 34.5 Å². The molecule has 1 amide bonds. The highest BCUT2D eigenvalue weighted by atomic mass is 16.5. The molecule has 0 saturated heterocycles. The first-order valence-corrected chi connectivity index (χ1v) is 10.1. The van der Waals surface area contributed by atoms with Crippen LogP contribution in [-0.2, 0) is 11.2 Å². The summed E-state index contributed by atoms with van der Waals surface area (Å²) in [4.78, 5) is 13.6. The number of carbonyl (C=O) groups excluding carboxylic acids is 1. The van der Waals surface area contributed by atoms with Crippen molar-refractivity contribution < 1.29 is 14.6 Å². The van der Waals surface area contributed by atoms with Gasteiger partial charge < -0.3 is 15.2 Å². The summed E-state index contributed by atoms with van der Waals surface area (Å²) >= 11 is 0. The number of aliphatic hydroxyl groups excluding tert-OH is 1. The van der Waals surface area contributed by atoms with Crippen LogP contribution in [0.25, 0.3) is 0 Å². The quantitative estimate of drug-likeness (QED) is 0.735. The maximum Gasteiger partial charge on any atom is 0.221 e. The average molecular weight is 380 g/mol. The largest absolute Gasteiger partial charge is 0.491 e. The lowest BCUT2D eigenvalue weighted by Crippen LogP contribution is -2.39. The van der Waals surface area contributed by atoms with Crippen molar-refractivity contribution in [3.05, 3.63) is 59.7 Å². The van der Waals surface area contributed by atoms with Gasteiger partial charge in [-0.05, 0) is 61.1 Å². The van der Waals surface area contributed by atoms with E-state index in [0.29, 0.717) is 24.4 Å². The minimum atomic E-state index is -0.539. The number of anilines is 1. The molecule has 2 aliphatic rings. The molecule has 0 bridgehead atoms. The lowest BCUT2D eigenvalue weighted by atomic mass is 10.1. The van der Waals surface area contributed by atoms with E-state index in [1.54, 1.807) is 12.1 Å². The molecular formula is C23H28N2O3. The molecule has 5 heteroatoms. The molecule has 0 aromatic heterocycles. The predicted octanol–water partition coefficient (Wildman–Crippen LogP) is 3.54. The van der Waals surface area contributed by atoms with E-state index in [1.807, 2.05) is 12.1 Å². The number of rotatable bonds is 8. The highest BCUT2D eigenvalue weighted by molar-refractivity contribution is 5.88. The monoisotopic (exact) mass is 380 g/mol. The predicted molar refractivity (Wildman–Crippen MR) is 109 cm³/mol. The molecule has 0 heterocycles. The SMILES string of the molecule is CC(=O)Nc1ccc(OCC(O)CN(C2CC2)C2CCc3ccccc32)cc1. The Bertz CT molecular complexity index is 817. The van der Waals surface area contributed by atoms with Crippen molar-refractivity contribution in [2.45, 2.75) is 50.8 Å². The van der Waals surface area contributed by atoms with E-state index in [9.17, 15) is 9.90 Å². The van der Waals surface area contributed by atoms with E-state index in [-0.39, 0.29) is 12.5 Å². The summed E-state index contributed by atoms with van der Waals surface area (Å²) in [6, 6.07) is 16.9. The summed E-state index contributed by atoms with van der Waals surface area (Å²) in [5, 5.41) is 13.3. The number of benzene rings is 2. The highest BCUT2D eigenvalue weighted by Crippen LogP contribution is 2.41. The second kappa shape index (κ2) is 8.33. The highest BCUT2D eigenvalue weighted by Gasteiger charge is 2.38. The minimum absolute atomic E-state index is 0.0993. The second-order valence-electron chi connectivity index (χ2n) is 7.85. The van der Waals surface area contributed by atoms with Crippen LogP contribution in [0.5, 0.6) is 5.75 Å². The first kappa shape index (κ1) is 19.0. The molecule has 1 fully saturated rings. The van der Waals surface area contributed by atoms with Crippen LogP contribution in [0, 0.1) is 0 Å². The van der Waals surface area contributed by atoms with Crippen LogP contribution in [0.1, 0.15) is 43.4 Å². The number of hydrogen-bond acceptors (Lipinski definition) is 4. The Morgan fingerprint density at radius 2 is 1.93 bits per heavy atom. The third-order valence-electron chi connectivity index (χ3n) is 5.56. The molecule has 0 spiro atoms. The summed E-state index contributed by atoms with van der Waals surface area (Å²) < 4.78 is 5.77. The van der Waals surface area contributed by atoms with Crippen molar-refractivity contribution in [1.29, 1.82) is 0 Å². The third kappa shape index (κ3) is 4.54. The number of amides is 1. The molecule has 2 atom stereocenters. The summed E-state index contributed by atoms with van der Waals surface area (Å²) in [6.07, 6.45) is 4.15. The molecule has 2 aromatic rings. The minimum Gasteiger partial charge on any atom is -0.491 e. The van der Waals surface area contributed by atoms with Gasteiger partial charge in [0.05, 0.1) is 0 Å². The lowest BCUT2D eigenvalue weighted by Gasteiger charge is -2.31. The van der Waals surface area contributed by atoms with Crippen LogP contribution in [0.4, 0.5) is 5.69 Å². The van der Waals surface area contributed by atoms with E-state index >= 15 is 0 Å². The van der Waals surface area contributed by atoms with Crippen LogP contribution in [0.3, 0.4) is 0 Å². The maximum atomic E-state index is 11.1. The van der Waals surface area contributed by atoms with Crippen molar-refractivity contribution in [2.24, 2.45) is 0 Å². The number of carbonyl (C=O) groups is 1. The molecule has 28 heavy (non-hydrogen) atoms. The number of nitrogens with zero attached hydrogens (tertiary/aromatic N) is 1. The number of aryl methyl sites for hydroxylation is 1. The molecule has 4 rings (SSSR count). The summed E-state index contributed by atoms with van der Waals surface area (Å²) in [5.74, 6) is 0.593. The van der Waals surface area contributed by atoms with Crippen molar-refractivity contribution in [3.8, 4) is 5.75 Å². The van der Waals surface area contributed by atoms with Crippen molar-refractivity contribution in [1.82, 2.24) is 4.90 Å². The molecule has 0 radical (unpaired) electrons. The summed E-state index contributed by atoms with van der Waals surface area (Å²) in [7, 11) is 0. The Balaban J connectivity index is 1.33. The Hall–Kier alpha value is -2.37. The van der Waals surface area contributed by atoms with Crippen LogP contribution in [-0.4, -0.2) is 41.2 Å². The van der Waals surface area contributed by atoms with Crippen molar-refractivity contribution >= 4 is 11.6 Å². The van der Waals surface area contributed by atoms with E-state index in [4.69, 9.17) is 4.74 Å². The average Bonchev–Trinajstić information content (AvgIpc) is 3.44. The fourth-order valence-electron chi connectivity index (χ4n) is 4.14. The first-order chi connectivity index (χ1) is 13.6. The van der Waals surface area contributed by atoms with Crippen LogP contribution in [0.2, 0.25) is 0 Å². The second-order valence-corrected chi connectivity index (χ2v) is 7.85. The smallest absolute Gasteiger partial charge is 0.221 e. The van der Waals surface area contributed by atoms with Gasteiger partial charge in [-0.3, -0.25) is 9.69 Å². The van der Waals surface area contributed by atoms with Gasteiger partial charge in [0.25, 0.3) is 0 Å². The van der Waals surface area contributed by atoms with Crippen LogP contribution < -0.4 is 10.1 Å². The zero-order chi connectivity index (χ0) is 19.5. The molecule has 1 saturated carbocycles. The van der Waals surface area contributed by atoms with Crippen LogP contribution in [0.15, 0.2) is 48.5 Å². The van der Waals surface area contributed by atoms with Crippen molar-refractivity contribution in [3.63, 3.8) is 0 Å². The fourth-order valence-corrected chi connectivity index (χ4v) is 4.14. The van der Waals surface area contributed by atoms with Gasteiger partial charge in [0.15, 0.2) is 0 Å². The molecule has 2 unspecified atom stereocenters. The summed E-state index contributed by atoms with van der Waals surface area (Å²) in [5.41, 5.74) is 3.61. The van der Waals surface area contributed by atoms with Crippen molar-refractivity contribution in [2.75, 3.05) is 18.5 Å². The maximum absolute atomic E-state index is 11.1. The topological polar surface area (TPSA) is 61.8 Å². The Labute approximate surface area is 166 Å². The normalized spacial score (nSPS) is 19.3. The van der Waals surface area contributed by atoms with Gasteiger partial charge in [0, 0.05) is 31.2 Å². The zero-order valence-corrected chi connectivity index (χ0v) is 16.3. The number of hydrogen-bond donors (Lipinski definition) is 2. The van der Waals surface area contributed by atoms with Crippen LogP contribution >= 0.6 is 0 Å². The molecule has 2 aliphatic carbocycles. The summed E-state index contributed by atoms with van der Waals surface area (Å²) in [6.45, 7) is 2.37. The lowest BCUT2D eigenvalue weighted by molar-refractivity contribution is -0.114. The Kier molecular flexibility index (Phi) is 5.64. The van der Waals surface area contributed by atoms with E-state index in [0.717, 1.165) is 18.5 Å². The number of nitrogens with one attached hydrogen (secondary N) is 1.